The molecule has 5 heteroatoms. The smallest absolute Gasteiger partial charge is 0.434 e. The Bertz CT molecular complexity index is 749. The SMILES string of the molecule is CCOC(=O)OC1=C(c2c(C)cc(C)cc2C)C(=O)SC12CCCCC2. The zero-order chi connectivity index (χ0) is 18.9. The molecular weight excluding hydrogens is 348 g/mol. The standard InChI is InChI=1S/C21H26O4S/c1-5-24-20(23)25-18-17(16-14(3)11-13(2)12-15(16)4)19(22)26-21(18)9-7-6-8-10-21/h11-12H,5-10H2,1-4H3. The second-order valence-corrected chi connectivity index (χ2v) is 8.56. The highest BCUT2D eigenvalue weighted by molar-refractivity contribution is 8.16. The van der Waals surface area contributed by atoms with Gasteiger partial charge in [-0.1, -0.05) is 48.7 Å². The van der Waals surface area contributed by atoms with E-state index in [1.807, 2.05) is 20.8 Å². The topological polar surface area (TPSA) is 52.6 Å². The summed E-state index contributed by atoms with van der Waals surface area (Å²) in [5.74, 6) is 0.515. The lowest BCUT2D eigenvalue weighted by atomic mass is 9.83. The first-order chi connectivity index (χ1) is 12.4. The van der Waals surface area contributed by atoms with Gasteiger partial charge in [0.25, 0.3) is 0 Å². The molecule has 0 saturated heterocycles. The fourth-order valence-electron chi connectivity index (χ4n) is 4.21. The predicted molar refractivity (Wildman–Crippen MR) is 104 cm³/mol. The molecule has 1 fully saturated rings. The third kappa shape index (κ3) is 3.41. The molecule has 1 aromatic rings. The molecule has 1 aromatic carbocycles. The molecular formula is C21H26O4S. The molecule has 140 valence electrons. The first kappa shape index (κ1) is 19.0. The van der Waals surface area contributed by atoms with Gasteiger partial charge in [-0.15, -0.1) is 0 Å². The summed E-state index contributed by atoms with van der Waals surface area (Å²) in [4.78, 5) is 25.2. The maximum atomic E-state index is 13.1. The highest BCUT2D eigenvalue weighted by Crippen LogP contribution is 2.55. The van der Waals surface area contributed by atoms with Gasteiger partial charge in [-0.3, -0.25) is 4.79 Å². The van der Waals surface area contributed by atoms with Crippen molar-refractivity contribution in [1.82, 2.24) is 0 Å². The van der Waals surface area contributed by atoms with Gasteiger partial charge >= 0.3 is 6.16 Å². The van der Waals surface area contributed by atoms with E-state index in [1.54, 1.807) is 6.92 Å². The van der Waals surface area contributed by atoms with Gasteiger partial charge in [-0.05, 0) is 57.2 Å². The van der Waals surface area contributed by atoms with Gasteiger partial charge in [-0.25, -0.2) is 4.79 Å². The number of rotatable bonds is 3. The van der Waals surface area contributed by atoms with E-state index in [0.29, 0.717) is 11.3 Å². The molecule has 1 aliphatic carbocycles. The molecule has 4 nitrogen and oxygen atoms in total. The predicted octanol–water partition coefficient (Wildman–Crippen LogP) is 5.47. The number of hydrogen-bond acceptors (Lipinski definition) is 5. The Balaban J connectivity index is 2.17. The summed E-state index contributed by atoms with van der Waals surface area (Å²) in [6.07, 6.45) is 4.21. The Kier molecular flexibility index (Phi) is 5.47. The quantitative estimate of drug-likeness (QED) is 0.656. The Hall–Kier alpha value is -1.75. The van der Waals surface area contributed by atoms with Gasteiger partial charge in [0.1, 0.15) is 5.76 Å². The van der Waals surface area contributed by atoms with Crippen LogP contribution in [0.1, 0.15) is 61.3 Å². The van der Waals surface area contributed by atoms with Crippen LogP contribution < -0.4 is 0 Å². The fraction of sp³-hybridized carbons (Fsp3) is 0.524. The van der Waals surface area contributed by atoms with Crippen LogP contribution in [0.25, 0.3) is 5.57 Å². The Morgan fingerprint density at radius 3 is 2.31 bits per heavy atom. The molecule has 0 bridgehead atoms. The minimum atomic E-state index is -0.720. The van der Waals surface area contributed by atoms with Gasteiger partial charge in [0.15, 0.2) is 0 Å². The van der Waals surface area contributed by atoms with Gasteiger partial charge in [0.05, 0.1) is 16.9 Å². The van der Waals surface area contributed by atoms with E-state index in [9.17, 15) is 9.59 Å². The van der Waals surface area contributed by atoms with Gasteiger partial charge in [0.2, 0.25) is 5.12 Å². The molecule has 0 unspecified atom stereocenters. The molecule has 1 saturated carbocycles. The van der Waals surface area contributed by atoms with Crippen LogP contribution in [0.15, 0.2) is 17.9 Å². The summed E-state index contributed by atoms with van der Waals surface area (Å²) in [5.41, 5.74) is 4.67. The first-order valence-electron chi connectivity index (χ1n) is 9.29. The summed E-state index contributed by atoms with van der Waals surface area (Å²) in [6.45, 7) is 8.05. The molecule has 1 heterocycles. The van der Waals surface area contributed by atoms with E-state index in [4.69, 9.17) is 9.47 Å². The van der Waals surface area contributed by atoms with Crippen LogP contribution in [0.3, 0.4) is 0 Å². The minimum Gasteiger partial charge on any atom is -0.434 e. The number of ether oxygens (including phenoxy) is 2. The number of carbonyl (C=O) groups excluding carboxylic acids is 2. The largest absolute Gasteiger partial charge is 0.513 e. The van der Waals surface area contributed by atoms with Crippen molar-refractivity contribution in [2.24, 2.45) is 0 Å². The van der Waals surface area contributed by atoms with Crippen molar-refractivity contribution in [3.63, 3.8) is 0 Å². The van der Waals surface area contributed by atoms with Crippen molar-refractivity contribution < 1.29 is 19.1 Å². The monoisotopic (exact) mass is 374 g/mol. The number of aryl methyl sites for hydroxylation is 3. The maximum absolute atomic E-state index is 13.1. The van der Waals surface area contributed by atoms with Crippen LogP contribution in [0.4, 0.5) is 4.79 Å². The lowest BCUT2D eigenvalue weighted by Gasteiger charge is -2.33. The van der Waals surface area contributed by atoms with Crippen molar-refractivity contribution in [2.45, 2.75) is 64.5 Å². The molecule has 1 aliphatic heterocycles. The van der Waals surface area contributed by atoms with E-state index in [1.165, 1.54) is 11.8 Å². The Morgan fingerprint density at radius 2 is 1.73 bits per heavy atom. The molecule has 0 aromatic heterocycles. The number of hydrogen-bond donors (Lipinski definition) is 0. The molecule has 2 aliphatic rings. The van der Waals surface area contributed by atoms with Gasteiger partial charge in [0, 0.05) is 0 Å². The average molecular weight is 375 g/mol. The highest BCUT2D eigenvalue weighted by Gasteiger charge is 2.50. The molecule has 3 rings (SSSR count). The highest BCUT2D eigenvalue weighted by atomic mass is 32.2. The summed E-state index contributed by atoms with van der Waals surface area (Å²) >= 11 is 1.34. The van der Waals surface area contributed by atoms with Crippen molar-refractivity contribution in [3.05, 3.63) is 40.1 Å². The fourth-order valence-corrected chi connectivity index (χ4v) is 5.59. The van der Waals surface area contributed by atoms with Crippen LogP contribution in [0.5, 0.6) is 0 Å². The molecule has 0 N–H and O–H groups in total. The second kappa shape index (κ2) is 7.47. The molecule has 26 heavy (non-hydrogen) atoms. The second-order valence-electron chi connectivity index (χ2n) is 7.21. The van der Waals surface area contributed by atoms with Crippen molar-refractivity contribution in [3.8, 4) is 0 Å². The summed E-state index contributed by atoms with van der Waals surface area (Å²) in [6, 6.07) is 4.14. The van der Waals surface area contributed by atoms with Crippen LogP contribution >= 0.6 is 11.8 Å². The van der Waals surface area contributed by atoms with E-state index in [0.717, 1.165) is 54.4 Å². The van der Waals surface area contributed by atoms with Gasteiger partial charge in [-0.2, -0.15) is 0 Å². The van der Waals surface area contributed by atoms with E-state index >= 15 is 0 Å². The normalized spacial score (nSPS) is 19.2. The van der Waals surface area contributed by atoms with Gasteiger partial charge < -0.3 is 9.47 Å². The third-order valence-electron chi connectivity index (χ3n) is 5.17. The van der Waals surface area contributed by atoms with Crippen LogP contribution in [0.2, 0.25) is 0 Å². The van der Waals surface area contributed by atoms with Crippen molar-refractivity contribution >= 4 is 28.6 Å². The summed E-state index contributed by atoms with van der Waals surface area (Å²) in [7, 11) is 0. The van der Waals surface area contributed by atoms with Crippen LogP contribution in [0, 0.1) is 20.8 Å². The average Bonchev–Trinajstić information content (AvgIpc) is 2.80. The van der Waals surface area contributed by atoms with E-state index in [2.05, 4.69) is 12.1 Å². The van der Waals surface area contributed by atoms with E-state index in [-0.39, 0.29) is 11.7 Å². The zero-order valence-electron chi connectivity index (χ0n) is 15.9. The zero-order valence-corrected chi connectivity index (χ0v) is 16.8. The molecule has 0 radical (unpaired) electrons. The molecule has 1 spiro atoms. The van der Waals surface area contributed by atoms with Crippen molar-refractivity contribution in [2.75, 3.05) is 6.61 Å². The minimum absolute atomic E-state index is 0.00116. The lowest BCUT2D eigenvalue weighted by molar-refractivity contribution is -0.106. The Labute approximate surface area is 159 Å². The molecule has 0 amide bonds. The summed E-state index contributed by atoms with van der Waals surface area (Å²) < 4.78 is 10.3. The molecule has 0 atom stereocenters. The first-order valence-corrected chi connectivity index (χ1v) is 10.1. The van der Waals surface area contributed by atoms with Crippen molar-refractivity contribution in [1.29, 1.82) is 0 Å². The third-order valence-corrected chi connectivity index (χ3v) is 6.54. The number of benzene rings is 1. The van der Waals surface area contributed by atoms with E-state index < -0.39 is 10.9 Å². The lowest BCUT2D eigenvalue weighted by Crippen LogP contribution is -2.30. The number of thioether (sulfide) groups is 1. The van der Waals surface area contributed by atoms with Crippen LogP contribution in [-0.4, -0.2) is 22.6 Å². The number of carbonyl (C=O) groups is 2. The van der Waals surface area contributed by atoms with Crippen LogP contribution in [-0.2, 0) is 14.3 Å². The Morgan fingerprint density at radius 1 is 1.12 bits per heavy atom. The summed E-state index contributed by atoms with van der Waals surface area (Å²) in [5, 5.41) is 0.00116. The maximum Gasteiger partial charge on any atom is 0.513 e.